The Bertz CT molecular complexity index is 252. The fraction of sp³-hybridized carbons (Fsp3) is 0.909. The van der Waals surface area contributed by atoms with Gasteiger partial charge < -0.3 is 24.8 Å². The summed E-state index contributed by atoms with van der Waals surface area (Å²) in [5.41, 5.74) is 4.85. The van der Waals surface area contributed by atoms with Gasteiger partial charge in [-0.15, -0.1) is 0 Å². The van der Waals surface area contributed by atoms with Gasteiger partial charge in [0.05, 0.1) is 19.8 Å². The number of carbonyl (C=O) groups excluding carboxylic acids is 1. The largest absolute Gasteiger partial charge is 0.444 e. The lowest BCUT2D eigenvalue weighted by molar-refractivity contribution is -0.174. The third-order valence-electron chi connectivity index (χ3n) is 2.11. The number of nitrogens with two attached hydrogens (primary N) is 1. The fourth-order valence-corrected chi connectivity index (χ4v) is 1.41. The van der Waals surface area contributed by atoms with Crippen molar-refractivity contribution in [3.05, 3.63) is 0 Å². The number of rotatable bonds is 3. The van der Waals surface area contributed by atoms with Gasteiger partial charge in [0.25, 0.3) is 0 Å². The molecular weight excluding hydrogens is 224 g/mol. The molecule has 0 saturated carbocycles. The molecule has 100 valence electrons. The molecule has 6 heteroatoms. The Morgan fingerprint density at radius 2 is 2.24 bits per heavy atom. The van der Waals surface area contributed by atoms with Crippen molar-refractivity contribution in [2.24, 2.45) is 5.73 Å². The third kappa shape index (κ3) is 5.34. The SMILES string of the molecule is CC(C)(C)OC(=O)N1CCOC(OCCN)C1. The molecule has 0 radical (unpaired) electrons. The van der Waals surface area contributed by atoms with E-state index < -0.39 is 11.9 Å². The van der Waals surface area contributed by atoms with Crippen LogP contribution in [0.1, 0.15) is 20.8 Å². The summed E-state index contributed by atoms with van der Waals surface area (Å²) in [7, 11) is 0. The first-order valence-corrected chi connectivity index (χ1v) is 5.83. The topological polar surface area (TPSA) is 74.0 Å². The van der Waals surface area contributed by atoms with Gasteiger partial charge in [-0.05, 0) is 20.8 Å². The molecule has 0 aliphatic carbocycles. The summed E-state index contributed by atoms with van der Waals surface area (Å²) in [6.07, 6.45) is -0.734. The fourth-order valence-electron chi connectivity index (χ4n) is 1.41. The highest BCUT2D eigenvalue weighted by Crippen LogP contribution is 2.13. The van der Waals surface area contributed by atoms with Crippen LogP contribution in [0.4, 0.5) is 4.79 Å². The van der Waals surface area contributed by atoms with Gasteiger partial charge in [-0.2, -0.15) is 0 Å². The molecule has 1 heterocycles. The molecule has 1 saturated heterocycles. The molecule has 0 aromatic rings. The van der Waals surface area contributed by atoms with E-state index in [0.717, 1.165) is 0 Å². The Kier molecular flexibility index (Phi) is 5.17. The van der Waals surface area contributed by atoms with Crippen LogP contribution in [-0.4, -0.2) is 55.7 Å². The molecule has 1 atom stereocenters. The lowest BCUT2D eigenvalue weighted by Crippen LogP contribution is -2.48. The molecule has 0 bridgehead atoms. The van der Waals surface area contributed by atoms with Crippen LogP contribution in [0.2, 0.25) is 0 Å². The molecule has 1 unspecified atom stereocenters. The Morgan fingerprint density at radius 1 is 1.53 bits per heavy atom. The monoisotopic (exact) mass is 246 g/mol. The second-order valence-electron chi connectivity index (χ2n) is 4.89. The van der Waals surface area contributed by atoms with Gasteiger partial charge in [-0.1, -0.05) is 0 Å². The third-order valence-corrected chi connectivity index (χ3v) is 2.11. The van der Waals surface area contributed by atoms with E-state index in [1.54, 1.807) is 4.90 Å². The van der Waals surface area contributed by atoms with Gasteiger partial charge in [0, 0.05) is 13.1 Å². The first kappa shape index (κ1) is 14.2. The normalized spacial score (nSPS) is 21.4. The van der Waals surface area contributed by atoms with Gasteiger partial charge in [-0.3, -0.25) is 0 Å². The minimum Gasteiger partial charge on any atom is -0.444 e. The maximum atomic E-state index is 11.8. The van der Waals surface area contributed by atoms with Crippen molar-refractivity contribution in [1.82, 2.24) is 4.90 Å². The van der Waals surface area contributed by atoms with E-state index in [9.17, 15) is 4.79 Å². The Labute approximate surface area is 102 Å². The number of nitrogens with zero attached hydrogens (tertiary/aromatic N) is 1. The number of hydrogen-bond acceptors (Lipinski definition) is 5. The van der Waals surface area contributed by atoms with E-state index in [1.807, 2.05) is 20.8 Å². The standard InChI is InChI=1S/C11H22N2O4/c1-11(2,3)17-10(14)13-5-7-16-9(8-13)15-6-4-12/h9H,4-8,12H2,1-3H3. The van der Waals surface area contributed by atoms with Gasteiger partial charge in [0.15, 0.2) is 6.29 Å². The van der Waals surface area contributed by atoms with Crippen LogP contribution in [0.3, 0.4) is 0 Å². The van der Waals surface area contributed by atoms with E-state index in [4.69, 9.17) is 19.9 Å². The molecule has 1 amide bonds. The van der Waals surface area contributed by atoms with Crippen molar-refractivity contribution in [3.8, 4) is 0 Å². The number of morpholine rings is 1. The lowest BCUT2D eigenvalue weighted by atomic mass is 10.2. The van der Waals surface area contributed by atoms with E-state index in [0.29, 0.717) is 32.8 Å². The summed E-state index contributed by atoms with van der Waals surface area (Å²) in [6, 6.07) is 0. The van der Waals surface area contributed by atoms with Gasteiger partial charge in [0.1, 0.15) is 5.60 Å². The second kappa shape index (κ2) is 6.18. The minimum atomic E-state index is -0.483. The zero-order chi connectivity index (χ0) is 12.9. The highest BCUT2D eigenvalue weighted by Gasteiger charge is 2.28. The lowest BCUT2D eigenvalue weighted by Gasteiger charge is -2.33. The predicted octanol–water partition coefficient (Wildman–Crippen LogP) is 0.555. The summed E-state index contributed by atoms with van der Waals surface area (Å²) in [6.45, 7) is 7.75. The first-order valence-electron chi connectivity index (χ1n) is 5.83. The first-order chi connectivity index (χ1) is 7.92. The number of hydrogen-bond donors (Lipinski definition) is 1. The molecule has 1 aliphatic rings. The quantitative estimate of drug-likeness (QED) is 0.787. The van der Waals surface area contributed by atoms with Crippen molar-refractivity contribution >= 4 is 6.09 Å². The van der Waals surface area contributed by atoms with Crippen LogP contribution < -0.4 is 5.73 Å². The Balaban J connectivity index is 2.40. The van der Waals surface area contributed by atoms with E-state index >= 15 is 0 Å². The predicted molar refractivity (Wildman–Crippen MR) is 62.6 cm³/mol. The van der Waals surface area contributed by atoms with E-state index in [-0.39, 0.29) is 6.09 Å². The smallest absolute Gasteiger partial charge is 0.410 e. The van der Waals surface area contributed by atoms with Crippen molar-refractivity contribution in [2.45, 2.75) is 32.7 Å². The zero-order valence-corrected chi connectivity index (χ0v) is 10.8. The number of amides is 1. The molecule has 17 heavy (non-hydrogen) atoms. The molecule has 0 aromatic carbocycles. The Morgan fingerprint density at radius 3 is 2.82 bits per heavy atom. The molecule has 1 rings (SSSR count). The summed E-state index contributed by atoms with van der Waals surface area (Å²) < 4.78 is 16.0. The molecule has 1 fully saturated rings. The molecule has 1 aliphatic heterocycles. The molecule has 2 N–H and O–H groups in total. The van der Waals surface area contributed by atoms with Crippen LogP contribution in [0.15, 0.2) is 0 Å². The summed E-state index contributed by atoms with van der Waals surface area (Å²) >= 11 is 0. The minimum absolute atomic E-state index is 0.331. The van der Waals surface area contributed by atoms with E-state index in [1.165, 1.54) is 0 Å². The van der Waals surface area contributed by atoms with Gasteiger partial charge in [-0.25, -0.2) is 4.79 Å². The van der Waals surface area contributed by atoms with Crippen LogP contribution in [0.5, 0.6) is 0 Å². The van der Waals surface area contributed by atoms with Crippen molar-refractivity contribution in [2.75, 3.05) is 32.8 Å². The maximum Gasteiger partial charge on any atom is 0.410 e. The highest BCUT2D eigenvalue weighted by molar-refractivity contribution is 5.68. The van der Waals surface area contributed by atoms with Crippen molar-refractivity contribution < 1.29 is 19.0 Å². The molecule has 0 aromatic heterocycles. The average Bonchev–Trinajstić information content (AvgIpc) is 2.24. The van der Waals surface area contributed by atoms with Crippen molar-refractivity contribution in [3.63, 3.8) is 0 Å². The van der Waals surface area contributed by atoms with Gasteiger partial charge >= 0.3 is 6.09 Å². The van der Waals surface area contributed by atoms with Crippen molar-refractivity contribution in [1.29, 1.82) is 0 Å². The second-order valence-corrected chi connectivity index (χ2v) is 4.89. The molecular formula is C11H22N2O4. The van der Waals surface area contributed by atoms with Crippen LogP contribution in [0.25, 0.3) is 0 Å². The summed E-state index contributed by atoms with van der Waals surface area (Å²) in [5, 5.41) is 0. The number of ether oxygens (including phenoxy) is 3. The van der Waals surface area contributed by atoms with Gasteiger partial charge in [0.2, 0.25) is 0 Å². The summed E-state index contributed by atoms with van der Waals surface area (Å²) in [5.74, 6) is 0. The zero-order valence-electron chi connectivity index (χ0n) is 10.8. The number of carbonyl (C=O) groups is 1. The van der Waals surface area contributed by atoms with Crippen LogP contribution >= 0.6 is 0 Å². The average molecular weight is 246 g/mol. The maximum absolute atomic E-state index is 11.8. The van der Waals surface area contributed by atoms with E-state index in [2.05, 4.69) is 0 Å². The summed E-state index contributed by atoms with van der Waals surface area (Å²) in [4.78, 5) is 13.4. The van der Waals surface area contributed by atoms with Crippen LogP contribution in [0, 0.1) is 0 Å². The molecule has 6 nitrogen and oxygen atoms in total. The van der Waals surface area contributed by atoms with Crippen LogP contribution in [-0.2, 0) is 14.2 Å². The Hall–Kier alpha value is -0.850. The molecule has 0 spiro atoms. The highest BCUT2D eigenvalue weighted by atomic mass is 16.7.